The van der Waals surface area contributed by atoms with Gasteiger partial charge >= 0.3 is 0 Å². The molecule has 0 bridgehead atoms. The number of alkyl halides is 1. The van der Waals surface area contributed by atoms with Crippen molar-refractivity contribution in [2.24, 2.45) is 5.92 Å². The molecule has 1 aromatic rings. The second kappa shape index (κ2) is 6.06. The van der Waals surface area contributed by atoms with E-state index in [1.54, 1.807) is 0 Å². The number of hydrogen-bond donors (Lipinski definition) is 1. The van der Waals surface area contributed by atoms with Crippen molar-refractivity contribution in [2.45, 2.75) is 33.7 Å². The van der Waals surface area contributed by atoms with Gasteiger partial charge in [-0.15, -0.1) is 11.6 Å². The average molecular weight is 254 g/mol. The van der Waals surface area contributed by atoms with E-state index in [9.17, 15) is 4.79 Å². The molecule has 0 aromatic heterocycles. The van der Waals surface area contributed by atoms with Gasteiger partial charge in [0.2, 0.25) is 0 Å². The third-order valence-electron chi connectivity index (χ3n) is 3.22. The molecular weight excluding hydrogens is 234 g/mol. The number of nitrogens with one attached hydrogen (secondary N) is 1. The van der Waals surface area contributed by atoms with E-state index < -0.39 is 0 Å². The van der Waals surface area contributed by atoms with Crippen LogP contribution in [0.5, 0.6) is 0 Å². The SMILES string of the molecule is Cc1ccc(C(=O)NC(C)C(C)CCl)cc1C. The van der Waals surface area contributed by atoms with Crippen molar-refractivity contribution in [1.82, 2.24) is 5.32 Å². The summed E-state index contributed by atoms with van der Waals surface area (Å²) < 4.78 is 0. The topological polar surface area (TPSA) is 29.1 Å². The first-order valence-electron chi connectivity index (χ1n) is 5.89. The van der Waals surface area contributed by atoms with E-state index in [4.69, 9.17) is 11.6 Å². The summed E-state index contributed by atoms with van der Waals surface area (Å²) in [5, 5.41) is 2.97. The molecule has 17 heavy (non-hydrogen) atoms. The fourth-order valence-electron chi connectivity index (χ4n) is 1.45. The predicted molar refractivity (Wildman–Crippen MR) is 72.7 cm³/mol. The molecule has 1 rings (SSSR count). The van der Waals surface area contributed by atoms with Crippen LogP contribution in [0.25, 0.3) is 0 Å². The Morgan fingerprint density at radius 2 is 1.94 bits per heavy atom. The minimum absolute atomic E-state index is 0.0300. The first-order chi connectivity index (χ1) is 7.95. The monoisotopic (exact) mass is 253 g/mol. The Kier molecular flexibility index (Phi) is 5.01. The highest BCUT2D eigenvalue weighted by Gasteiger charge is 2.15. The first-order valence-corrected chi connectivity index (χ1v) is 6.43. The lowest BCUT2D eigenvalue weighted by molar-refractivity contribution is 0.0931. The van der Waals surface area contributed by atoms with Crippen LogP contribution in [-0.2, 0) is 0 Å². The van der Waals surface area contributed by atoms with E-state index in [2.05, 4.69) is 5.32 Å². The van der Waals surface area contributed by atoms with Gasteiger partial charge < -0.3 is 5.32 Å². The number of carbonyl (C=O) groups excluding carboxylic acids is 1. The number of halogens is 1. The number of carbonyl (C=O) groups is 1. The van der Waals surface area contributed by atoms with Crippen molar-refractivity contribution in [3.63, 3.8) is 0 Å². The zero-order valence-corrected chi connectivity index (χ0v) is 11.6. The van der Waals surface area contributed by atoms with Crippen LogP contribution in [0.4, 0.5) is 0 Å². The molecule has 0 radical (unpaired) electrons. The molecule has 3 heteroatoms. The van der Waals surface area contributed by atoms with Crippen LogP contribution in [0.15, 0.2) is 18.2 Å². The molecule has 0 saturated heterocycles. The quantitative estimate of drug-likeness (QED) is 0.820. The van der Waals surface area contributed by atoms with Gasteiger partial charge in [-0.1, -0.05) is 13.0 Å². The van der Waals surface area contributed by atoms with Crippen LogP contribution >= 0.6 is 11.6 Å². The van der Waals surface area contributed by atoms with Crippen LogP contribution in [-0.4, -0.2) is 17.8 Å². The van der Waals surface area contributed by atoms with Crippen molar-refractivity contribution in [2.75, 3.05) is 5.88 Å². The molecular formula is C14H20ClNO. The standard InChI is InChI=1S/C14H20ClNO/c1-9-5-6-13(7-10(9)2)14(17)16-12(4)11(3)8-15/h5-7,11-12H,8H2,1-4H3,(H,16,17). The second-order valence-electron chi connectivity index (χ2n) is 4.69. The highest BCUT2D eigenvalue weighted by atomic mass is 35.5. The van der Waals surface area contributed by atoms with Crippen LogP contribution in [0.1, 0.15) is 35.3 Å². The lowest BCUT2D eigenvalue weighted by atomic mass is 10.0. The molecule has 0 heterocycles. The van der Waals surface area contributed by atoms with Crippen molar-refractivity contribution < 1.29 is 4.79 Å². The number of amides is 1. The van der Waals surface area contributed by atoms with Gasteiger partial charge in [-0.25, -0.2) is 0 Å². The fourth-order valence-corrected chi connectivity index (χ4v) is 1.72. The smallest absolute Gasteiger partial charge is 0.251 e. The third kappa shape index (κ3) is 3.74. The molecule has 0 fully saturated rings. The van der Waals surface area contributed by atoms with Gasteiger partial charge in [-0.3, -0.25) is 4.79 Å². The summed E-state index contributed by atoms with van der Waals surface area (Å²) in [5.41, 5.74) is 3.04. The minimum Gasteiger partial charge on any atom is -0.349 e. The van der Waals surface area contributed by atoms with Gasteiger partial charge in [0.1, 0.15) is 0 Å². The molecule has 0 aliphatic carbocycles. The summed E-state index contributed by atoms with van der Waals surface area (Å²) >= 11 is 5.77. The maximum absolute atomic E-state index is 12.0. The Morgan fingerprint density at radius 1 is 1.29 bits per heavy atom. The van der Waals surface area contributed by atoms with Gasteiger partial charge in [-0.05, 0) is 49.9 Å². The molecule has 2 atom stereocenters. The Balaban J connectivity index is 2.73. The van der Waals surface area contributed by atoms with Crippen molar-refractivity contribution >= 4 is 17.5 Å². The lowest BCUT2D eigenvalue weighted by Gasteiger charge is -2.19. The first kappa shape index (κ1) is 14.0. The largest absolute Gasteiger partial charge is 0.349 e. The van der Waals surface area contributed by atoms with Crippen molar-refractivity contribution in [1.29, 1.82) is 0 Å². The van der Waals surface area contributed by atoms with Crippen LogP contribution < -0.4 is 5.32 Å². The van der Waals surface area contributed by atoms with E-state index in [1.165, 1.54) is 5.56 Å². The average Bonchev–Trinajstić information content (AvgIpc) is 2.31. The normalized spacial score (nSPS) is 14.2. The fraction of sp³-hybridized carbons (Fsp3) is 0.500. The Labute approximate surface area is 108 Å². The van der Waals surface area contributed by atoms with E-state index in [1.807, 2.05) is 45.9 Å². The van der Waals surface area contributed by atoms with E-state index in [0.29, 0.717) is 11.4 Å². The molecule has 0 aliphatic heterocycles. The molecule has 1 amide bonds. The molecule has 1 aromatic carbocycles. The van der Waals surface area contributed by atoms with Crippen molar-refractivity contribution in [3.8, 4) is 0 Å². The summed E-state index contributed by atoms with van der Waals surface area (Å²) in [6.45, 7) is 8.05. The summed E-state index contributed by atoms with van der Waals surface area (Å²) in [6.07, 6.45) is 0. The minimum atomic E-state index is -0.0300. The maximum atomic E-state index is 12.0. The molecule has 94 valence electrons. The lowest BCUT2D eigenvalue weighted by Crippen LogP contribution is -2.37. The van der Waals surface area contributed by atoms with Crippen LogP contribution in [0.2, 0.25) is 0 Å². The summed E-state index contributed by atoms with van der Waals surface area (Å²) in [6, 6.07) is 5.83. The van der Waals surface area contributed by atoms with E-state index in [0.717, 1.165) is 5.56 Å². The van der Waals surface area contributed by atoms with Crippen molar-refractivity contribution in [3.05, 3.63) is 34.9 Å². The van der Waals surface area contributed by atoms with Crippen LogP contribution in [0, 0.1) is 19.8 Å². The number of aryl methyl sites for hydroxylation is 2. The van der Waals surface area contributed by atoms with E-state index in [-0.39, 0.29) is 17.9 Å². The second-order valence-corrected chi connectivity index (χ2v) is 5.00. The van der Waals surface area contributed by atoms with Gasteiger partial charge in [0.15, 0.2) is 0 Å². The molecule has 2 unspecified atom stereocenters. The summed E-state index contributed by atoms with van der Waals surface area (Å²) in [7, 11) is 0. The molecule has 1 N–H and O–H groups in total. The highest BCUT2D eigenvalue weighted by molar-refractivity contribution is 6.18. The zero-order valence-electron chi connectivity index (χ0n) is 10.9. The number of rotatable bonds is 4. The summed E-state index contributed by atoms with van der Waals surface area (Å²) in [5.74, 6) is 0.790. The Hall–Kier alpha value is -1.02. The number of hydrogen-bond acceptors (Lipinski definition) is 1. The highest BCUT2D eigenvalue weighted by Crippen LogP contribution is 2.11. The van der Waals surface area contributed by atoms with Gasteiger partial charge in [0.05, 0.1) is 0 Å². The molecule has 2 nitrogen and oxygen atoms in total. The predicted octanol–water partition coefficient (Wildman–Crippen LogP) is 3.30. The van der Waals surface area contributed by atoms with Crippen LogP contribution in [0.3, 0.4) is 0 Å². The maximum Gasteiger partial charge on any atom is 0.251 e. The van der Waals surface area contributed by atoms with E-state index >= 15 is 0 Å². The molecule has 0 aliphatic rings. The Bertz CT molecular complexity index is 403. The van der Waals surface area contributed by atoms with Gasteiger partial charge in [0, 0.05) is 17.5 Å². The summed E-state index contributed by atoms with van der Waals surface area (Å²) in [4.78, 5) is 12.0. The zero-order chi connectivity index (χ0) is 13.0. The third-order valence-corrected chi connectivity index (χ3v) is 3.71. The number of benzene rings is 1. The van der Waals surface area contributed by atoms with Gasteiger partial charge in [0.25, 0.3) is 5.91 Å². The Morgan fingerprint density at radius 3 is 2.47 bits per heavy atom. The van der Waals surface area contributed by atoms with Gasteiger partial charge in [-0.2, -0.15) is 0 Å². The molecule has 0 spiro atoms. The molecule has 0 saturated carbocycles.